The van der Waals surface area contributed by atoms with Crippen molar-refractivity contribution in [1.82, 2.24) is 5.32 Å². The number of hydrogen-bond donors (Lipinski definition) is 2. The first-order valence-electron chi connectivity index (χ1n) is 4.76. The maximum Gasteiger partial charge on any atom is 0.123 e. The van der Waals surface area contributed by atoms with E-state index in [0.717, 1.165) is 17.1 Å². The maximum absolute atomic E-state index is 9.20. The maximum atomic E-state index is 9.20. The third-order valence-corrected chi connectivity index (χ3v) is 2.34. The van der Waals surface area contributed by atoms with Gasteiger partial charge in [-0.3, -0.25) is 0 Å². The Balaban J connectivity index is 3.09. The number of rotatable bonds is 5. The minimum atomic E-state index is -0.143. The molecule has 0 saturated carbocycles. The van der Waals surface area contributed by atoms with E-state index in [1.54, 1.807) is 21.3 Å². The molecule has 4 nitrogen and oxygen atoms in total. The van der Waals surface area contributed by atoms with E-state index in [2.05, 4.69) is 5.32 Å². The number of benzene rings is 1. The molecule has 0 radical (unpaired) electrons. The molecular formula is C11H17NO3. The molecule has 0 spiro atoms. The van der Waals surface area contributed by atoms with Crippen LogP contribution in [0.5, 0.6) is 11.5 Å². The molecule has 0 aliphatic carbocycles. The topological polar surface area (TPSA) is 50.7 Å². The first-order chi connectivity index (χ1) is 7.26. The zero-order valence-corrected chi connectivity index (χ0v) is 9.28. The van der Waals surface area contributed by atoms with Crippen molar-refractivity contribution in [1.29, 1.82) is 0 Å². The molecule has 0 aliphatic heterocycles. The number of aliphatic hydroxyl groups excluding tert-OH is 1. The Morgan fingerprint density at radius 2 is 2.07 bits per heavy atom. The van der Waals surface area contributed by atoms with Gasteiger partial charge in [-0.05, 0) is 25.2 Å². The molecular weight excluding hydrogens is 194 g/mol. The first-order valence-corrected chi connectivity index (χ1v) is 4.76. The molecule has 84 valence electrons. The van der Waals surface area contributed by atoms with E-state index in [4.69, 9.17) is 9.47 Å². The Hall–Kier alpha value is -1.26. The van der Waals surface area contributed by atoms with Gasteiger partial charge < -0.3 is 19.9 Å². The van der Waals surface area contributed by atoms with E-state index < -0.39 is 0 Å². The third kappa shape index (κ3) is 2.61. The van der Waals surface area contributed by atoms with Gasteiger partial charge in [0.25, 0.3) is 0 Å². The molecule has 1 aromatic carbocycles. The van der Waals surface area contributed by atoms with E-state index in [0.29, 0.717) is 0 Å². The van der Waals surface area contributed by atoms with Crippen LogP contribution in [-0.2, 0) is 0 Å². The van der Waals surface area contributed by atoms with Gasteiger partial charge in [-0.2, -0.15) is 0 Å². The minimum Gasteiger partial charge on any atom is -0.497 e. The summed E-state index contributed by atoms with van der Waals surface area (Å²) in [5, 5.41) is 12.2. The quantitative estimate of drug-likeness (QED) is 0.761. The van der Waals surface area contributed by atoms with Crippen LogP contribution in [0, 0.1) is 0 Å². The van der Waals surface area contributed by atoms with Crippen molar-refractivity contribution in [3.63, 3.8) is 0 Å². The number of likely N-dealkylation sites (N-methyl/N-ethyl adjacent to an activating group) is 1. The average Bonchev–Trinajstić information content (AvgIpc) is 2.30. The second kappa shape index (κ2) is 5.58. The van der Waals surface area contributed by atoms with E-state index in [1.165, 1.54) is 0 Å². The Bertz CT molecular complexity index is 311. The van der Waals surface area contributed by atoms with Crippen LogP contribution >= 0.6 is 0 Å². The fourth-order valence-corrected chi connectivity index (χ4v) is 1.46. The van der Waals surface area contributed by atoms with Crippen molar-refractivity contribution in [3.8, 4) is 11.5 Å². The summed E-state index contributed by atoms with van der Waals surface area (Å²) in [6, 6.07) is 5.37. The predicted octanol–water partition coefficient (Wildman–Crippen LogP) is 0.957. The molecule has 0 amide bonds. The summed E-state index contributed by atoms with van der Waals surface area (Å²) in [6.07, 6.45) is 0. The summed E-state index contributed by atoms with van der Waals surface area (Å²) >= 11 is 0. The smallest absolute Gasteiger partial charge is 0.123 e. The Labute approximate surface area is 89.8 Å². The number of nitrogens with one attached hydrogen (secondary N) is 1. The van der Waals surface area contributed by atoms with Crippen LogP contribution in [-0.4, -0.2) is 33.0 Å². The van der Waals surface area contributed by atoms with Gasteiger partial charge in [0.05, 0.1) is 26.9 Å². The molecule has 0 aliphatic rings. The summed E-state index contributed by atoms with van der Waals surface area (Å²) in [7, 11) is 5.01. The second-order valence-corrected chi connectivity index (χ2v) is 3.13. The lowest BCUT2D eigenvalue weighted by molar-refractivity contribution is 0.247. The normalized spacial score (nSPS) is 12.3. The van der Waals surface area contributed by atoms with Gasteiger partial charge in [0, 0.05) is 5.56 Å². The summed E-state index contributed by atoms with van der Waals surface area (Å²) in [4.78, 5) is 0. The molecule has 2 N–H and O–H groups in total. The molecule has 1 rings (SSSR count). The lowest BCUT2D eigenvalue weighted by Gasteiger charge is -2.17. The molecule has 0 aromatic heterocycles. The minimum absolute atomic E-state index is 0.0139. The largest absolute Gasteiger partial charge is 0.497 e. The standard InChI is InChI=1S/C11H17NO3/c1-12-10(7-13)9-6-8(14-2)4-5-11(9)15-3/h4-6,10,12-13H,7H2,1-3H3. The fourth-order valence-electron chi connectivity index (χ4n) is 1.46. The van der Waals surface area contributed by atoms with Crippen LogP contribution in [0.1, 0.15) is 11.6 Å². The van der Waals surface area contributed by atoms with Gasteiger partial charge in [0.1, 0.15) is 11.5 Å². The lowest BCUT2D eigenvalue weighted by Crippen LogP contribution is -2.20. The first kappa shape index (κ1) is 11.8. The van der Waals surface area contributed by atoms with Crippen molar-refractivity contribution < 1.29 is 14.6 Å². The van der Waals surface area contributed by atoms with Crippen molar-refractivity contribution >= 4 is 0 Å². The van der Waals surface area contributed by atoms with Gasteiger partial charge in [-0.1, -0.05) is 0 Å². The number of aliphatic hydroxyl groups is 1. The number of methoxy groups -OCH3 is 2. The van der Waals surface area contributed by atoms with E-state index in [9.17, 15) is 5.11 Å². The molecule has 4 heteroatoms. The molecule has 0 fully saturated rings. The van der Waals surface area contributed by atoms with Crippen LogP contribution < -0.4 is 14.8 Å². The van der Waals surface area contributed by atoms with E-state index in [1.807, 2.05) is 18.2 Å². The molecule has 0 bridgehead atoms. The summed E-state index contributed by atoms with van der Waals surface area (Å²) in [6.45, 7) is 0.0139. The zero-order valence-electron chi connectivity index (χ0n) is 9.28. The number of ether oxygens (including phenoxy) is 2. The highest BCUT2D eigenvalue weighted by Gasteiger charge is 2.14. The summed E-state index contributed by atoms with van der Waals surface area (Å²) < 4.78 is 10.4. The molecule has 15 heavy (non-hydrogen) atoms. The SMILES string of the molecule is CNC(CO)c1cc(OC)ccc1OC. The van der Waals surface area contributed by atoms with E-state index in [-0.39, 0.29) is 12.6 Å². The third-order valence-electron chi connectivity index (χ3n) is 2.34. The highest BCUT2D eigenvalue weighted by Crippen LogP contribution is 2.28. The monoisotopic (exact) mass is 211 g/mol. The fraction of sp³-hybridized carbons (Fsp3) is 0.455. The molecule has 1 aromatic rings. The summed E-state index contributed by atoms with van der Waals surface area (Å²) in [5.41, 5.74) is 0.891. The van der Waals surface area contributed by atoms with Crippen LogP contribution in [0.15, 0.2) is 18.2 Å². The van der Waals surface area contributed by atoms with Gasteiger partial charge in [-0.15, -0.1) is 0 Å². The summed E-state index contributed by atoms with van der Waals surface area (Å²) in [5.74, 6) is 1.49. The highest BCUT2D eigenvalue weighted by atomic mass is 16.5. The van der Waals surface area contributed by atoms with Gasteiger partial charge in [0.15, 0.2) is 0 Å². The van der Waals surface area contributed by atoms with Crippen LogP contribution in [0.25, 0.3) is 0 Å². The van der Waals surface area contributed by atoms with Crippen molar-refractivity contribution in [2.75, 3.05) is 27.9 Å². The highest BCUT2D eigenvalue weighted by molar-refractivity contribution is 5.42. The lowest BCUT2D eigenvalue weighted by atomic mass is 10.1. The average molecular weight is 211 g/mol. The predicted molar refractivity (Wildman–Crippen MR) is 58.4 cm³/mol. The van der Waals surface area contributed by atoms with E-state index >= 15 is 0 Å². The molecule has 0 saturated heterocycles. The Kier molecular flexibility index (Phi) is 4.39. The van der Waals surface area contributed by atoms with Crippen LogP contribution in [0.4, 0.5) is 0 Å². The van der Waals surface area contributed by atoms with Gasteiger partial charge in [0.2, 0.25) is 0 Å². The Morgan fingerprint density at radius 3 is 2.53 bits per heavy atom. The molecule has 0 heterocycles. The van der Waals surface area contributed by atoms with Crippen molar-refractivity contribution in [2.24, 2.45) is 0 Å². The Morgan fingerprint density at radius 1 is 1.33 bits per heavy atom. The van der Waals surface area contributed by atoms with Crippen LogP contribution in [0.2, 0.25) is 0 Å². The van der Waals surface area contributed by atoms with Gasteiger partial charge >= 0.3 is 0 Å². The number of hydrogen-bond acceptors (Lipinski definition) is 4. The van der Waals surface area contributed by atoms with Crippen molar-refractivity contribution in [2.45, 2.75) is 6.04 Å². The second-order valence-electron chi connectivity index (χ2n) is 3.13. The molecule has 1 atom stereocenters. The van der Waals surface area contributed by atoms with Crippen LogP contribution in [0.3, 0.4) is 0 Å². The molecule has 1 unspecified atom stereocenters. The van der Waals surface area contributed by atoms with Gasteiger partial charge in [-0.25, -0.2) is 0 Å². The zero-order chi connectivity index (χ0) is 11.3. The van der Waals surface area contributed by atoms with Crippen molar-refractivity contribution in [3.05, 3.63) is 23.8 Å².